The van der Waals surface area contributed by atoms with Gasteiger partial charge in [0.15, 0.2) is 0 Å². The Labute approximate surface area is 184 Å². The number of hydrogen-bond donors (Lipinski definition) is 3. The first-order chi connectivity index (χ1) is 12.6. The molecule has 6 nitrogen and oxygen atoms in total. The van der Waals surface area contributed by atoms with E-state index in [-0.39, 0.29) is 36.6 Å². The lowest BCUT2D eigenvalue weighted by Crippen LogP contribution is -2.40. The normalized spacial score (nSPS) is 14.5. The molecule has 0 aliphatic carbocycles. The number of amides is 2. The van der Waals surface area contributed by atoms with Crippen molar-refractivity contribution in [1.29, 1.82) is 0 Å². The fourth-order valence-corrected chi connectivity index (χ4v) is 3.40. The Morgan fingerprint density at radius 3 is 2.39 bits per heavy atom. The molecule has 1 aromatic carbocycles. The summed E-state index contributed by atoms with van der Waals surface area (Å²) in [6, 6.07) is 6.84. The fraction of sp³-hybridized carbons (Fsp3) is 0.579. The summed E-state index contributed by atoms with van der Waals surface area (Å²) in [7, 11) is 0. The van der Waals surface area contributed by atoms with Crippen LogP contribution in [0.25, 0.3) is 0 Å². The van der Waals surface area contributed by atoms with E-state index in [4.69, 9.17) is 5.73 Å². The van der Waals surface area contributed by atoms with E-state index < -0.39 is 6.04 Å². The Bertz CT molecular complexity index is 584. The first-order valence-electron chi connectivity index (χ1n) is 9.22. The van der Waals surface area contributed by atoms with Crippen molar-refractivity contribution in [2.45, 2.75) is 31.8 Å². The van der Waals surface area contributed by atoms with E-state index in [1.54, 1.807) is 23.9 Å². The van der Waals surface area contributed by atoms with E-state index in [0.717, 1.165) is 31.0 Å². The average molecular weight is 451 g/mol. The zero-order chi connectivity index (χ0) is 18.8. The van der Waals surface area contributed by atoms with Gasteiger partial charge in [-0.15, -0.1) is 24.8 Å². The first-order valence-corrected chi connectivity index (χ1v) is 10.6. The molecule has 1 fully saturated rings. The van der Waals surface area contributed by atoms with Crippen molar-refractivity contribution in [3.63, 3.8) is 0 Å². The van der Waals surface area contributed by atoms with E-state index in [1.807, 2.05) is 18.4 Å². The van der Waals surface area contributed by atoms with E-state index in [9.17, 15) is 9.59 Å². The SMILES string of the molecule is CSCC[C@H](N)C(=O)NCc1ccc(C(=O)NCCN2CCCC2)cc1.Cl.Cl. The van der Waals surface area contributed by atoms with Crippen LogP contribution < -0.4 is 16.4 Å². The largest absolute Gasteiger partial charge is 0.351 e. The number of halogens is 2. The molecule has 0 bridgehead atoms. The first kappa shape index (κ1) is 27.0. The summed E-state index contributed by atoms with van der Waals surface area (Å²) < 4.78 is 0. The van der Waals surface area contributed by atoms with Crippen LogP contribution in [0.1, 0.15) is 35.2 Å². The third-order valence-electron chi connectivity index (χ3n) is 4.56. The van der Waals surface area contributed by atoms with Crippen LogP contribution in [0, 0.1) is 0 Å². The summed E-state index contributed by atoms with van der Waals surface area (Å²) in [4.78, 5) is 26.4. The topological polar surface area (TPSA) is 87.5 Å². The van der Waals surface area contributed by atoms with Gasteiger partial charge in [-0.25, -0.2) is 0 Å². The Morgan fingerprint density at radius 1 is 1.14 bits per heavy atom. The monoisotopic (exact) mass is 450 g/mol. The molecule has 1 saturated heterocycles. The predicted octanol–water partition coefficient (Wildman–Crippen LogP) is 2.05. The van der Waals surface area contributed by atoms with Crippen molar-refractivity contribution in [3.8, 4) is 0 Å². The zero-order valence-electron chi connectivity index (χ0n) is 16.3. The summed E-state index contributed by atoms with van der Waals surface area (Å²) in [5.41, 5.74) is 7.43. The number of nitrogens with two attached hydrogens (primary N) is 1. The molecule has 2 amide bonds. The van der Waals surface area contributed by atoms with Gasteiger partial charge in [0.05, 0.1) is 6.04 Å². The molecule has 0 spiro atoms. The highest BCUT2D eigenvalue weighted by Crippen LogP contribution is 2.07. The lowest BCUT2D eigenvalue weighted by Gasteiger charge is -2.15. The smallest absolute Gasteiger partial charge is 0.251 e. The standard InChI is InChI=1S/C19H30N4O2S.2ClH/c1-26-13-8-17(20)19(25)22-14-15-4-6-16(7-5-15)18(24)21-9-12-23-10-2-3-11-23;;/h4-7,17H,2-3,8-14,20H2,1H3,(H,21,24)(H,22,25);2*1H/t17-;;/m0../s1. The van der Waals surface area contributed by atoms with E-state index in [0.29, 0.717) is 25.1 Å². The van der Waals surface area contributed by atoms with Crippen LogP contribution in [0.5, 0.6) is 0 Å². The molecule has 9 heteroatoms. The van der Waals surface area contributed by atoms with Gasteiger partial charge in [-0.05, 0) is 62.1 Å². The van der Waals surface area contributed by atoms with E-state index >= 15 is 0 Å². The summed E-state index contributed by atoms with van der Waals surface area (Å²) in [5.74, 6) is 0.678. The molecule has 1 atom stereocenters. The lowest BCUT2D eigenvalue weighted by atomic mass is 10.1. The van der Waals surface area contributed by atoms with Crippen LogP contribution in [0.4, 0.5) is 0 Å². The van der Waals surface area contributed by atoms with Crippen molar-refractivity contribution in [2.75, 3.05) is 38.2 Å². The Balaban J connectivity index is 0.00000364. The summed E-state index contributed by atoms with van der Waals surface area (Å²) in [6.45, 7) is 4.27. The molecule has 1 aromatic rings. The minimum Gasteiger partial charge on any atom is -0.351 e. The third-order valence-corrected chi connectivity index (χ3v) is 5.21. The second-order valence-corrected chi connectivity index (χ2v) is 7.59. The molecule has 0 unspecified atom stereocenters. The van der Waals surface area contributed by atoms with Crippen molar-refractivity contribution in [3.05, 3.63) is 35.4 Å². The quantitative estimate of drug-likeness (QED) is 0.507. The molecular weight excluding hydrogens is 419 g/mol. The zero-order valence-corrected chi connectivity index (χ0v) is 18.8. The number of nitrogens with one attached hydrogen (secondary N) is 2. The average Bonchev–Trinajstić information content (AvgIpc) is 3.17. The van der Waals surface area contributed by atoms with Crippen molar-refractivity contribution < 1.29 is 9.59 Å². The molecular formula is C19H32Cl2N4O2S. The molecule has 4 N–H and O–H groups in total. The maximum atomic E-state index is 12.2. The molecule has 1 heterocycles. The minimum atomic E-state index is -0.469. The number of rotatable bonds is 10. The maximum Gasteiger partial charge on any atom is 0.251 e. The summed E-state index contributed by atoms with van der Waals surface area (Å²) in [6.07, 6.45) is 5.18. The fourth-order valence-electron chi connectivity index (χ4n) is 2.91. The van der Waals surface area contributed by atoms with Crippen LogP contribution in [-0.4, -0.2) is 60.9 Å². The van der Waals surface area contributed by atoms with Crippen molar-refractivity contribution in [2.24, 2.45) is 5.73 Å². The molecule has 0 aromatic heterocycles. The summed E-state index contributed by atoms with van der Waals surface area (Å²) >= 11 is 1.68. The lowest BCUT2D eigenvalue weighted by molar-refractivity contribution is -0.122. The number of hydrogen-bond acceptors (Lipinski definition) is 5. The van der Waals surface area contributed by atoms with Crippen molar-refractivity contribution in [1.82, 2.24) is 15.5 Å². The van der Waals surface area contributed by atoms with Gasteiger partial charge in [0.1, 0.15) is 0 Å². The van der Waals surface area contributed by atoms with Gasteiger partial charge < -0.3 is 21.3 Å². The highest BCUT2D eigenvalue weighted by molar-refractivity contribution is 7.98. The Morgan fingerprint density at radius 2 is 1.79 bits per heavy atom. The third kappa shape index (κ3) is 9.47. The van der Waals surface area contributed by atoms with Gasteiger partial charge in [0.2, 0.25) is 5.91 Å². The highest BCUT2D eigenvalue weighted by atomic mass is 35.5. The molecule has 1 aliphatic heterocycles. The second-order valence-electron chi connectivity index (χ2n) is 6.61. The predicted molar refractivity (Wildman–Crippen MR) is 122 cm³/mol. The molecule has 1 aliphatic rings. The second kappa shape index (κ2) is 14.9. The molecule has 0 saturated carbocycles. The highest BCUT2D eigenvalue weighted by Gasteiger charge is 2.13. The molecule has 2 rings (SSSR count). The van der Waals surface area contributed by atoms with Gasteiger partial charge in [-0.3, -0.25) is 9.59 Å². The number of likely N-dealkylation sites (tertiary alicyclic amines) is 1. The van der Waals surface area contributed by atoms with Crippen LogP contribution >= 0.6 is 36.6 Å². The molecule has 160 valence electrons. The number of carbonyl (C=O) groups excluding carboxylic acids is 2. The maximum absolute atomic E-state index is 12.2. The van der Waals surface area contributed by atoms with E-state index in [2.05, 4.69) is 15.5 Å². The van der Waals surface area contributed by atoms with Gasteiger partial charge in [0.25, 0.3) is 5.91 Å². The van der Waals surface area contributed by atoms with Gasteiger partial charge >= 0.3 is 0 Å². The molecule has 0 radical (unpaired) electrons. The minimum absolute atomic E-state index is 0. The number of benzene rings is 1. The van der Waals surface area contributed by atoms with Crippen LogP contribution in [0.15, 0.2) is 24.3 Å². The van der Waals surface area contributed by atoms with Crippen LogP contribution in [0.3, 0.4) is 0 Å². The Hall–Kier alpha value is -0.990. The van der Waals surface area contributed by atoms with E-state index in [1.165, 1.54) is 12.8 Å². The van der Waals surface area contributed by atoms with Gasteiger partial charge in [-0.2, -0.15) is 11.8 Å². The summed E-state index contributed by atoms with van der Waals surface area (Å²) in [5, 5.41) is 5.80. The molecule has 28 heavy (non-hydrogen) atoms. The number of carbonyl (C=O) groups is 2. The van der Waals surface area contributed by atoms with Crippen molar-refractivity contribution >= 4 is 48.4 Å². The number of thioether (sulfide) groups is 1. The van der Waals surface area contributed by atoms with Gasteiger partial charge in [-0.1, -0.05) is 12.1 Å². The number of nitrogens with zero attached hydrogens (tertiary/aromatic N) is 1. The Kier molecular flexibility index (Phi) is 14.4. The van der Waals surface area contributed by atoms with Crippen LogP contribution in [-0.2, 0) is 11.3 Å². The van der Waals surface area contributed by atoms with Gasteiger partial charge in [0, 0.05) is 25.2 Å². The van der Waals surface area contributed by atoms with Crippen LogP contribution in [0.2, 0.25) is 0 Å².